The van der Waals surface area contributed by atoms with Crippen molar-refractivity contribution in [3.63, 3.8) is 0 Å². The molecule has 17 heavy (non-hydrogen) atoms. The van der Waals surface area contributed by atoms with E-state index in [9.17, 15) is 13.2 Å². The highest BCUT2D eigenvalue weighted by molar-refractivity contribution is 7.86. The second-order valence-corrected chi connectivity index (χ2v) is 6.52. The van der Waals surface area contributed by atoms with Crippen LogP contribution in [0.15, 0.2) is 0 Å². The summed E-state index contributed by atoms with van der Waals surface area (Å²) >= 11 is 0. The number of carboxylic acid groups (broad SMARTS) is 1. The second-order valence-electron chi connectivity index (χ2n) is 4.58. The van der Waals surface area contributed by atoms with Crippen LogP contribution < -0.4 is 0 Å². The Morgan fingerprint density at radius 3 is 2.47 bits per heavy atom. The van der Waals surface area contributed by atoms with Crippen molar-refractivity contribution in [2.24, 2.45) is 0 Å². The van der Waals surface area contributed by atoms with Crippen LogP contribution in [0.2, 0.25) is 0 Å². The van der Waals surface area contributed by atoms with Crippen LogP contribution in [-0.4, -0.2) is 53.8 Å². The predicted molar refractivity (Wildman–Crippen MR) is 63.8 cm³/mol. The van der Waals surface area contributed by atoms with Gasteiger partial charge in [0.05, 0.1) is 0 Å². The minimum Gasteiger partial charge on any atom is -0.480 e. The average molecular weight is 264 g/mol. The molecule has 1 atom stereocenters. The Labute approximate surface area is 102 Å². The number of carbonyl (C=O) groups is 1. The van der Waals surface area contributed by atoms with Gasteiger partial charge in [-0.05, 0) is 33.1 Å². The Hall–Kier alpha value is -0.660. The first-order valence-corrected chi connectivity index (χ1v) is 7.15. The van der Waals surface area contributed by atoms with Gasteiger partial charge in [-0.15, -0.1) is 0 Å². The lowest BCUT2D eigenvalue weighted by Crippen LogP contribution is -2.53. The first-order valence-electron chi connectivity index (χ1n) is 5.76. The standard InChI is InChI=1S/C10H20N2O4S/c1-8(2)11(3)17(15,16)12-7-5-4-6-9(12)10(13)14/h8-9H,4-7H2,1-3H3,(H,13,14). The topological polar surface area (TPSA) is 77.9 Å². The lowest BCUT2D eigenvalue weighted by molar-refractivity contribution is -0.142. The van der Waals surface area contributed by atoms with Crippen LogP contribution >= 0.6 is 0 Å². The van der Waals surface area contributed by atoms with E-state index in [1.165, 1.54) is 11.4 Å². The van der Waals surface area contributed by atoms with E-state index in [-0.39, 0.29) is 12.6 Å². The number of rotatable bonds is 4. The minimum absolute atomic E-state index is 0.184. The van der Waals surface area contributed by atoms with E-state index >= 15 is 0 Å². The molecule has 1 saturated heterocycles. The van der Waals surface area contributed by atoms with Gasteiger partial charge in [0.2, 0.25) is 0 Å². The van der Waals surface area contributed by atoms with Crippen molar-refractivity contribution in [2.75, 3.05) is 13.6 Å². The molecule has 1 aliphatic heterocycles. The summed E-state index contributed by atoms with van der Waals surface area (Å²) in [7, 11) is -2.19. The van der Waals surface area contributed by atoms with E-state index in [0.29, 0.717) is 6.42 Å². The highest BCUT2D eigenvalue weighted by Gasteiger charge is 2.39. The van der Waals surface area contributed by atoms with Crippen molar-refractivity contribution in [1.82, 2.24) is 8.61 Å². The fourth-order valence-corrected chi connectivity index (χ4v) is 3.60. The molecule has 1 unspecified atom stereocenters. The summed E-state index contributed by atoms with van der Waals surface area (Å²) in [6, 6.07) is -1.11. The van der Waals surface area contributed by atoms with Crippen LogP contribution in [0.1, 0.15) is 33.1 Å². The SMILES string of the molecule is CC(C)N(C)S(=O)(=O)N1CCCCC1C(=O)O. The zero-order valence-corrected chi connectivity index (χ0v) is 11.3. The quantitative estimate of drug-likeness (QED) is 0.802. The first-order chi connectivity index (χ1) is 7.78. The van der Waals surface area contributed by atoms with Gasteiger partial charge in [-0.2, -0.15) is 17.0 Å². The maximum Gasteiger partial charge on any atom is 0.322 e. The predicted octanol–water partition coefficient (Wildman–Crippen LogP) is 0.510. The molecule has 7 heteroatoms. The van der Waals surface area contributed by atoms with Crippen LogP contribution in [0.5, 0.6) is 0 Å². The van der Waals surface area contributed by atoms with Crippen molar-refractivity contribution in [2.45, 2.75) is 45.2 Å². The Morgan fingerprint density at radius 2 is 2.00 bits per heavy atom. The lowest BCUT2D eigenvalue weighted by Gasteiger charge is -2.35. The van der Waals surface area contributed by atoms with E-state index in [1.807, 2.05) is 0 Å². The number of hydrogen-bond acceptors (Lipinski definition) is 3. The number of carboxylic acids is 1. The van der Waals surface area contributed by atoms with E-state index in [2.05, 4.69) is 0 Å². The average Bonchev–Trinajstić information content (AvgIpc) is 2.27. The summed E-state index contributed by atoms with van der Waals surface area (Å²) in [4.78, 5) is 11.1. The van der Waals surface area contributed by atoms with Gasteiger partial charge in [0.25, 0.3) is 10.2 Å². The molecule has 1 fully saturated rings. The Bertz CT molecular complexity index is 380. The van der Waals surface area contributed by atoms with E-state index in [1.54, 1.807) is 13.8 Å². The van der Waals surface area contributed by atoms with Gasteiger partial charge in [0, 0.05) is 19.6 Å². The number of aliphatic carboxylic acids is 1. The van der Waals surface area contributed by atoms with E-state index in [4.69, 9.17) is 5.11 Å². The molecule has 1 N–H and O–H groups in total. The smallest absolute Gasteiger partial charge is 0.322 e. The summed E-state index contributed by atoms with van der Waals surface area (Å²) in [5, 5.41) is 9.07. The Morgan fingerprint density at radius 1 is 1.41 bits per heavy atom. The van der Waals surface area contributed by atoms with Crippen LogP contribution in [0.4, 0.5) is 0 Å². The van der Waals surface area contributed by atoms with Gasteiger partial charge in [-0.1, -0.05) is 0 Å². The van der Waals surface area contributed by atoms with Crippen LogP contribution in [0.25, 0.3) is 0 Å². The Kier molecular flexibility index (Phi) is 4.51. The molecule has 6 nitrogen and oxygen atoms in total. The lowest BCUT2D eigenvalue weighted by atomic mass is 10.1. The summed E-state index contributed by atoms with van der Waals surface area (Å²) in [5.74, 6) is -1.06. The van der Waals surface area contributed by atoms with E-state index in [0.717, 1.165) is 17.1 Å². The van der Waals surface area contributed by atoms with Gasteiger partial charge >= 0.3 is 5.97 Å². The van der Waals surface area contributed by atoms with Crippen molar-refractivity contribution in [3.05, 3.63) is 0 Å². The third-order valence-electron chi connectivity index (χ3n) is 3.13. The summed E-state index contributed by atoms with van der Waals surface area (Å²) < 4.78 is 26.8. The molecule has 0 aromatic heterocycles. The van der Waals surface area contributed by atoms with E-state index < -0.39 is 22.2 Å². The van der Waals surface area contributed by atoms with Gasteiger partial charge in [-0.3, -0.25) is 4.79 Å². The molecule has 0 aromatic carbocycles. The molecule has 1 heterocycles. The monoisotopic (exact) mass is 264 g/mol. The normalized spacial score (nSPS) is 23.2. The fourth-order valence-electron chi connectivity index (χ4n) is 1.86. The zero-order valence-electron chi connectivity index (χ0n) is 10.5. The van der Waals surface area contributed by atoms with Crippen molar-refractivity contribution in [1.29, 1.82) is 0 Å². The van der Waals surface area contributed by atoms with Crippen molar-refractivity contribution in [3.8, 4) is 0 Å². The van der Waals surface area contributed by atoms with Crippen LogP contribution in [0.3, 0.4) is 0 Å². The number of nitrogens with zero attached hydrogens (tertiary/aromatic N) is 2. The molecular weight excluding hydrogens is 244 g/mol. The Balaban J connectivity index is 2.99. The molecular formula is C10H20N2O4S. The molecule has 100 valence electrons. The minimum atomic E-state index is -3.67. The molecule has 0 aliphatic carbocycles. The van der Waals surface area contributed by atoms with Crippen molar-refractivity contribution < 1.29 is 18.3 Å². The molecule has 0 aromatic rings. The van der Waals surface area contributed by atoms with Gasteiger partial charge in [-0.25, -0.2) is 0 Å². The maximum atomic E-state index is 12.2. The molecule has 0 amide bonds. The van der Waals surface area contributed by atoms with Gasteiger partial charge in [0.15, 0.2) is 0 Å². The highest BCUT2D eigenvalue weighted by Crippen LogP contribution is 2.23. The summed E-state index contributed by atoms with van der Waals surface area (Å²) in [5.41, 5.74) is 0. The summed E-state index contributed by atoms with van der Waals surface area (Å²) in [6.45, 7) is 3.81. The zero-order chi connectivity index (χ0) is 13.2. The van der Waals surface area contributed by atoms with Crippen LogP contribution in [-0.2, 0) is 15.0 Å². The van der Waals surface area contributed by atoms with Gasteiger partial charge in [0.1, 0.15) is 6.04 Å². The van der Waals surface area contributed by atoms with Crippen LogP contribution in [0, 0.1) is 0 Å². The molecule has 0 spiro atoms. The second kappa shape index (κ2) is 5.32. The number of piperidine rings is 1. The molecule has 1 aliphatic rings. The maximum absolute atomic E-state index is 12.2. The highest BCUT2D eigenvalue weighted by atomic mass is 32.2. The largest absolute Gasteiger partial charge is 0.480 e. The summed E-state index contributed by atoms with van der Waals surface area (Å²) in [6.07, 6.45) is 1.86. The third-order valence-corrected chi connectivity index (χ3v) is 5.31. The molecule has 0 bridgehead atoms. The van der Waals surface area contributed by atoms with Crippen molar-refractivity contribution >= 4 is 16.2 Å². The fraction of sp³-hybridized carbons (Fsp3) is 0.900. The number of hydrogen-bond donors (Lipinski definition) is 1. The van der Waals surface area contributed by atoms with Gasteiger partial charge < -0.3 is 5.11 Å². The molecule has 1 rings (SSSR count). The first kappa shape index (κ1) is 14.4. The molecule has 0 saturated carbocycles. The molecule has 0 radical (unpaired) electrons. The third kappa shape index (κ3) is 2.97.